The summed E-state index contributed by atoms with van der Waals surface area (Å²) in [5, 5.41) is 6.75. The van der Waals surface area contributed by atoms with Gasteiger partial charge in [-0.25, -0.2) is 0 Å². The molecule has 66 valence electrons. The molecule has 1 aromatic rings. The van der Waals surface area contributed by atoms with E-state index in [-0.39, 0.29) is 0 Å². The van der Waals surface area contributed by atoms with Gasteiger partial charge in [-0.3, -0.25) is 0 Å². The van der Waals surface area contributed by atoms with Crippen LogP contribution in [0.5, 0.6) is 0 Å². The van der Waals surface area contributed by atoms with E-state index in [1.54, 1.807) is 0 Å². The molecule has 3 heteroatoms. The van der Waals surface area contributed by atoms with Crippen LogP contribution in [0.2, 0.25) is 0 Å². The van der Waals surface area contributed by atoms with Gasteiger partial charge >= 0.3 is 0 Å². The molecule has 0 spiro atoms. The van der Waals surface area contributed by atoms with Gasteiger partial charge in [-0.2, -0.15) is 0 Å². The van der Waals surface area contributed by atoms with Crippen LogP contribution in [0.3, 0.4) is 0 Å². The van der Waals surface area contributed by atoms with Crippen molar-refractivity contribution in [1.29, 1.82) is 0 Å². The van der Waals surface area contributed by atoms with Gasteiger partial charge in [-0.1, -0.05) is 35.0 Å². The second kappa shape index (κ2) is 2.94. The lowest BCUT2D eigenvalue weighted by Crippen LogP contribution is -2.17. The molecule has 1 heterocycles. The average Bonchev–Trinajstić information content (AvgIpc) is 2.53. The Labute approximate surface area is 76.7 Å². The Bertz CT molecular complexity index is 365. The predicted molar refractivity (Wildman–Crippen MR) is 51.1 cm³/mol. The molecule has 0 bridgehead atoms. The molecule has 1 aromatic carbocycles. The lowest BCUT2D eigenvalue weighted by atomic mass is 10.1. The Balaban J connectivity index is 2.27. The van der Waals surface area contributed by atoms with Crippen molar-refractivity contribution in [3.63, 3.8) is 0 Å². The van der Waals surface area contributed by atoms with Crippen LogP contribution in [0, 0.1) is 6.92 Å². The molecule has 2 rings (SSSR count). The number of benzene rings is 1. The minimum absolute atomic E-state index is 0.468. The van der Waals surface area contributed by atoms with E-state index in [2.05, 4.69) is 17.1 Å². The molecule has 0 radical (unpaired) electrons. The Morgan fingerprint density at radius 3 is 2.54 bits per heavy atom. The molecule has 0 aliphatic carbocycles. The summed E-state index contributed by atoms with van der Waals surface area (Å²) in [5.74, 6) is 1.18. The SMILES string of the molecule is C=C1NC(c2ccc(C)cc2)=NO1. The highest BCUT2D eigenvalue weighted by molar-refractivity contribution is 6.00. The zero-order valence-electron chi connectivity index (χ0n) is 7.37. The molecule has 0 unspecified atom stereocenters. The smallest absolute Gasteiger partial charge is 0.221 e. The minimum Gasteiger partial charge on any atom is -0.337 e. The second-order valence-corrected chi connectivity index (χ2v) is 2.95. The van der Waals surface area contributed by atoms with E-state index < -0.39 is 0 Å². The summed E-state index contributed by atoms with van der Waals surface area (Å²) in [5.41, 5.74) is 2.23. The summed E-state index contributed by atoms with van der Waals surface area (Å²) in [6.07, 6.45) is 0. The lowest BCUT2D eigenvalue weighted by molar-refractivity contribution is 0.240. The molecule has 1 aliphatic heterocycles. The number of oxime groups is 1. The van der Waals surface area contributed by atoms with Crippen molar-refractivity contribution in [1.82, 2.24) is 5.32 Å². The molecule has 13 heavy (non-hydrogen) atoms. The predicted octanol–water partition coefficient (Wildman–Crippen LogP) is 1.75. The number of hydrogen-bond acceptors (Lipinski definition) is 3. The van der Waals surface area contributed by atoms with Crippen LogP contribution in [0.25, 0.3) is 0 Å². The van der Waals surface area contributed by atoms with E-state index in [9.17, 15) is 0 Å². The molecular formula is C10H10N2O. The van der Waals surface area contributed by atoms with E-state index in [1.807, 2.05) is 31.2 Å². The van der Waals surface area contributed by atoms with E-state index in [0.29, 0.717) is 11.7 Å². The van der Waals surface area contributed by atoms with Crippen molar-refractivity contribution in [2.45, 2.75) is 6.92 Å². The van der Waals surface area contributed by atoms with Gasteiger partial charge in [0.1, 0.15) is 0 Å². The van der Waals surface area contributed by atoms with Gasteiger partial charge in [0.25, 0.3) is 0 Å². The van der Waals surface area contributed by atoms with Gasteiger partial charge in [-0.15, -0.1) is 0 Å². The van der Waals surface area contributed by atoms with Crippen LogP contribution in [0.1, 0.15) is 11.1 Å². The molecule has 0 aromatic heterocycles. The van der Waals surface area contributed by atoms with Crippen LogP contribution >= 0.6 is 0 Å². The summed E-state index contributed by atoms with van der Waals surface area (Å²) in [6.45, 7) is 5.64. The molecule has 0 saturated carbocycles. The first-order valence-electron chi connectivity index (χ1n) is 4.04. The second-order valence-electron chi connectivity index (χ2n) is 2.95. The van der Waals surface area contributed by atoms with Crippen LogP contribution < -0.4 is 5.32 Å². The summed E-state index contributed by atoms with van der Waals surface area (Å²) >= 11 is 0. The first-order valence-corrected chi connectivity index (χ1v) is 4.04. The molecule has 1 N–H and O–H groups in total. The van der Waals surface area contributed by atoms with Gasteiger partial charge in [-0.05, 0) is 13.5 Å². The third-order valence-corrected chi connectivity index (χ3v) is 1.83. The molecule has 0 saturated heterocycles. The van der Waals surface area contributed by atoms with Gasteiger partial charge in [0.2, 0.25) is 5.88 Å². The molecular weight excluding hydrogens is 164 g/mol. The minimum atomic E-state index is 0.468. The number of hydrogen-bond donors (Lipinski definition) is 1. The average molecular weight is 174 g/mol. The third-order valence-electron chi connectivity index (χ3n) is 1.83. The molecule has 0 fully saturated rings. The highest BCUT2D eigenvalue weighted by atomic mass is 16.7. The number of aryl methyl sites for hydroxylation is 1. The topological polar surface area (TPSA) is 33.6 Å². The fraction of sp³-hybridized carbons (Fsp3) is 0.100. The van der Waals surface area contributed by atoms with Crippen molar-refractivity contribution in [2.75, 3.05) is 0 Å². The van der Waals surface area contributed by atoms with Crippen molar-refractivity contribution < 1.29 is 4.84 Å². The first kappa shape index (κ1) is 7.86. The number of amidine groups is 1. The van der Waals surface area contributed by atoms with Gasteiger partial charge in [0.05, 0.1) is 0 Å². The zero-order chi connectivity index (χ0) is 9.26. The van der Waals surface area contributed by atoms with Crippen LogP contribution in [0.4, 0.5) is 0 Å². The van der Waals surface area contributed by atoms with Crippen molar-refractivity contribution in [2.24, 2.45) is 5.16 Å². The quantitative estimate of drug-likeness (QED) is 0.703. The third kappa shape index (κ3) is 1.54. The Morgan fingerprint density at radius 1 is 1.31 bits per heavy atom. The number of nitrogens with zero attached hydrogens (tertiary/aromatic N) is 1. The zero-order valence-corrected chi connectivity index (χ0v) is 7.37. The van der Waals surface area contributed by atoms with Crippen LogP contribution in [0.15, 0.2) is 41.9 Å². The normalized spacial score (nSPS) is 14.8. The maximum atomic E-state index is 4.83. The maximum Gasteiger partial charge on any atom is 0.221 e. The largest absolute Gasteiger partial charge is 0.337 e. The summed E-state index contributed by atoms with van der Waals surface area (Å²) < 4.78 is 0. The van der Waals surface area contributed by atoms with E-state index in [4.69, 9.17) is 4.84 Å². The lowest BCUT2D eigenvalue weighted by Gasteiger charge is -1.99. The Hall–Kier alpha value is -1.77. The number of nitrogens with one attached hydrogen (secondary N) is 1. The fourth-order valence-electron chi connectivity index (χ4n) is 1.11. The van der Waals surface area contributed by atoms with E-state index in [1.165, 1.54) is 5.56 Å². The molecule has 3 nitrogen and oxygen atoms in total. The molecule has 1 aliphatic rings. The van der Waals surface area contributed by atoms with Crippen molar-refractivity contribution in [3.8, 4) is 0 Å². The van der Waals surface area contributed by atoms with Crippen molar-refractivity contribution >= 4 is 5.84 Å². The van der Waals surface area contributed by atoms with Crippen LogP contribution in [-0.4, -0.2) is 5.84 Å². The van der Waals surface area contributed by atoms with Crippen LogP contribution in [-0.2, 0) is 4.84 Å². The maximum absolute atomic E-state index is 4.83. The summed E-state index contributed by atoms with van der Waals surface area (Å²) in [7, 11) is 0. The van der Waals surface area contributed by atoms with Gasteiger partial charge < -0.3 is 10.2 Å². The van der Waals surface area contributed by atoms with Gasteiger partial charge in [0.15, 0.2) is 5.84 Å². The molecule has 0 amide bonds. The summed E-state index contributed by atoms with van der Waals surface area (Å²) in [6, 6.07) is 8.04. The first-order chi connectivity index (χ1) is 6.25. The fourth-order valence-corrected chi connectivity index (χ4v) is 1.11. The Morgan fingerprint density at radius 2 is 2.00 bits per heavy atom. The van der Waals surface area contributed by atoms with E-state index >= 15 is 0 Å². The number of rotatable bonds is 1. The van der Waals surface area contributed by atoms with E-state index in [0.717, 1.165) is 5.56 Å². The highest BCUT2D eigenvalue weighted by Gasteiger charge is 2.11. The monoisotopic (exact) mass is 174 g/mol. The standard InChI is InChI=1S/C10H10N2O/c1-7-3-5-9(6-4-7)10-11-8(2)13-12-10/h3-6H,2H2,1H3,(H,11,12). The highest BCUT2D eigenvalue weighted by Crippen LogP contribution is 2.09. The van der Waals surface area contributed by atoms with Gasteiger partial charge in [0, 0.05) is 5.56 Å². The summed E-state index contributed by atoms with van der Waals surface area (Å²) in [4.78, 5) is 4.83. The molecule has 0 atom stereocenters. The van der Waals surface area contributed by atoms with Crippen molar-refractivity contribution in [3.05, 3.63) is 47.9 Å². The Kier molecular flexibility index (Phi) is 1.77.